The maximum absolute atomic E-state index is 14.0. The number of aryl methyl sites for hydroxylation is 1. The summed E-state index contributed by atoms with van der Waals surface area (Å²) in [6.45, 7) is 3.61. The van der Waals surface area contributed by atoms with Crippen LogP contribution in [0.3, 0.4) is 0 Å². The van der Waals surface area contributed by atoms with Crippen LogP contribution in [0.5, 0.6) is 0 Å². The van der Waals surface area contributed by atoms with Gasteiger partial charge in [-0.1, -0.05) is 12.5 Å². The summed E-state index contributed by atoms with van der Waals surface area (Å²) in [4.78, 5) is 9.15. The lowest BCUT2D eigenvalue weighted by atomic mass is 10.0. The quantitative estimate of drug-likeness (QED) is 0.872. The second-order valence-electron chi connectivity index (χ2n) is 7.17. The summed E-state index contributed by atoms with van der Waals surface area (Å²) < 4.78 is 41.9. The van der Waals surface area contributed by atoms with E-state index in [0.717, 1.165) is 49.7 Å². The van der Waals surface area contributed by atoms with Gasteiger partial charge in [0, 0.05) is 43.5 Å². The highest BCUT2D eigenvalue weighted by Crippen LogP contribution is 2.34. The van der Waals surface area contributed by atoms with Crippen LogP contribution in [0.15, 0.2) is 29.3 Å². The van der Waals surface area contributed by atoms with Crippen LogP contribution in [0.2, 0.25) is 0 Å². The fourth-order valence-corrected chi connectivity index (χ4v) is 5.40. The van der Waals surface area contributed by atoms with Crippen LogP contribution < -0.4 is 5.32 Å². The standard InChI is InChI=1S/C19H23FN4O2S/c1-13-5-6-15(10-16(13)20)27(25,26)24-9-3-2-4-18(24)19-22-12-14-11-21-8-7-17(14)23-19/h5-6,10,12,18,21H,2-4,7-9,11H2,1H3. The Balaban J connectivity index is 1.71. The molecule has 0 amide bonds. The van der Waals surface area contributed by atoms with Crippen molar-refractivity contribution < 1.29 is 12.8 Å². The lowest BCUT2D eigenvalue weighted by Crippen LogP contribution is -2.39. The number of hydrogen-bond acceptors (Lipinski definition) is 5. The van der Waals surface area contributed by atoms with Crippen LogP contribution in [0.4, 0.5) is 4.39 Å². The van der Waals surface area contributed by atoms with Gasteiger partial charge in [-0.15, -0.1) is 0 Å². The van der Waals surface area contributed by atoms with Gasteiger partial charge in [0.1, 0.15) is 11.6 Å². The maximum atomic E-state index is 14.0. The van der Waals surface area contributed by atoms with Crippen molar-refractivity contribution in [1.29, 1.82) is 0 Å². The number of halogens is 1. The second-order valence-corrected chi connectivity index (χ2v) is 9.06. The highest BCUT2D eigenvalue weighted by molar-refractivity contribution is 7.89. The first-order valence-electron chi connectivity index (χ1n) is 9.30. The average Bonchev–Trinajstić information content (AvgIpc) is 2.69. The Morgan fingerprint density at radius 3 is 2.96 bits per heavy atom. The molecule has 0 saturated carbocycles. The van der Waals surface area contributed by atoms with Crippen LogP contribution in [0, 0.1) is 12.7 Å². The third-order valence-electron chi connectivity index (χ3n) is 5.33. The average molecular weight is 390 g/mol. The van der Waals surface area contributed by atoms with Gasteiger partial charge in [-0.2, -0.15) is 4.31 Å². The normalized spacial score (nSPS) is 21.0. The molecule has 4 rings (SSSR count). The summed E-state index contributed by atoms with van der Waals surface area (Å²) in [7, 11) is -3.82. The van der Waals surface area contributed by atoms with Crippen LogP contribution >= 0.6 is 0 Å². The Morgan fingerprint density at radius 1 is 1.30 bits per heavy atom. The Labute approximate surface area is 158 Å². The van der Waals surface area contributed by atoms with Crippen LogP contribution in [-0.2, 0) is 23.0 Å². The molecule has 27 heavy (non-hydrogen) atoms. The summed E-state index contributed by atoms with van der Waals surface area (Å²) in [5.41, 5.74) is 2.48. The van der Waals surface area contributed by atoms with Crippen molar-refractivity contribution in [2.24, 2.45) is 0 Å². The van der Waals surface area contributed by atoms with E-state index < -0.39 is 21.9 Å². The van der Waals surface area contributed by atoms with Gasteiger partial charge in [-0.05, 0) is 37.5 Å². The molecule has 1 unspecified atom stereocenters. The smallest absolute Gasteiger partial charge is 0.243 e. The summed E-state index contributed by atoms with van der Waals surface area (Å²) >= 11 is 0. The number of aromatic nitrogens is 2. The number of nitrogens with one attached hydrogen (secondary N) is 1. The first-order valence-corrected chi connectivity index (χ1v) is 10.7. The SMILES string of the molecule is Cc1ccc(S(=O)(=O)N2CCCCC2c2ncc3c(n2)CCNC3)cc1F. The molecular weight excluding hydrogens is 367 g/mol. The van der Waals surface area contributed by atoms with E-state index in [2.05, 4.69) is 10.3 Å². The number of rotatable bonds is 3. The lowest BCUT2D eigenvalue weighted by molar-refractivity contribution is 0.245. The highest BCUT2D eigenvalue weighted by Gasteiger charge is 2.36. The monoisotopic (exact) mass is 390 g/mol. The third-order valence-corrected chi connectivity index (χ3v) is 7.23. The molecule has 1 fully saturated rings. The van der Waals surface area contributed by atoms with E-state index >= 15 is 0 Å². The van der Waals surface area contributed by atoms with Gasteiger partial charge in [0.05, 0.1) is 10.9 Å². The third kappa shape index (κ3) is 3.49. The predicted molar refractivity (Wildman–Crippen MR) is 99.1 cm³/mol. The molecule has 144 valence electrons. The number of benzene rings is 1. The van der Waals surface area contributed by atoms with E-state index in [1.165, 1.54) is 16.4 Å². The van der Waals surface area contributed by atoms with E-state index in [1.54, 1.807) is 13.1 Å². The van der Waals surface area contributed by atoms with E-state index in [-0.39, 0.29) is 4.90 Å². The van der Waals surface area contributed by atoms with E-state index in [1.807, 2.05) is 0 Å². The largest absolute Gasteiger partial charge is 0.312 e. The molecule has 0 bridgehead atoms. The van der Waals surface area contributed by atoms with Gasteiger partial charge < -0.3 is 5.32 Å². The molecule has 1 N–H and O–H groups in total. The Morgan fingerprint density at radius 2 is 2.15 bits per heavy atom. The Bertz CT molecular complexity index is 964. The van der Waals surface area contributed by atoms with E-state index in [9.17, 15) is 12.8 Å². The van der Waals surface area contributed by atoms with Crippen molar-refractivity contribution in [3.05, 3.63) is 52.9 Å². The first kappa shape index (κ1) is 18.5. The highest BCUT2D eigenvalue weighted by atomic mass is 32.2. The number of fused-ring (bicyclic) bond motifs is 1. The minimum Gasteiger partial charge on any atom is -0.312 e. The molecule has 1 aromatic carbocycles. The zero-order valence-electron chi connectivity index (χ0n) is 15.3. The van der Waals surface area contributed by atoms with Gasteiger partial charge in [-0.25, -0.2) is 22.8 Å². The van der Waals surface area contributed by atoms with Crippen LogP contribution in [0.25, 0.3) is 0 Å². The van der Waals surface area contributed by atoms with Crippen LogP contribution in [0.1, 0.15) is 47.9 Å². The summed E-state index contributed by atoms with van der Waals surface area (Å²) in [6, 6.07) is 3.67. The minimum atomic E-state index is -3.82. The molecule has 1 atom stereocenters. The fourth-order valence-electron chi connectivity index (χ4n) is 3.73. The maximum Gasteiger partial charge on any atom is 0.243 e. The number of piperidine rings is 1. The van der Waals surface area contributed by atoms with E-state index in [4.69, 9.17) is 4.98 Å². The zero-order valence-corrected chi connectivity index (χ0v) is 16.1. The van der Waals surface area contributed by atoms with Crippen molar-refractivity contribution in [2.45, 2.75) is 50.1 Å². The summed E-state index contributed by atoms with van der Waals surface area (Å²) in [6.07, 6.45) is 4.98. The molecule has 1 saturated heterocycles. The number of sulfonamides is 1. The Hall–Kier alpha value is -1.90. The zero-order chi connectivity index (χ0) is 19.0. The van der Waals surface area contributed by atoms with Crippen molar-refractivity contribution in [3.63, 3.8) is 0 Å². The molecule has 2 aliphatic heterocycles. The van der Waals surface area contributed by atoms with Crippen molar-refractivity contribution in [2.75, 3.05) is 13.1 Å². The molecule has 6 nitrogen and oxygen atoms in total. The first-order chi connectivity index (χ1) is 13.0. The van der Waals surface area contributed by atoms with E-state index in [0.29, 0.717) is 24.4 Å². The summed E-state index contributed by atoms with van der Waals surface area (Å²) in [5, 5.41) is 3.28. The lowest BCUT2D eigenvalue weighted by Gasteiger charge is -2.34. The molecule has 8 heteroatoms. The van der Waals surface area contributed by atoms with Gasteiger partial charge in [0.15, 0.2) is 0 Å². The molecule has 2 aromatic rings. The number of nitrogens with zero attached hydrogens (tertiary/aromatic N) is 3. The molecule has 0 aliphatic carbocycles. The molecular formula is C19H23FN4O2S. The van der Waals surface area contributed by atoms with Crippen LogP contribution in [-0.4, -0.2) is 35.8 Å². The number of hydrogen-bond donors (Lipinski definition) is 1. The fraction of sp³-hybridized carbons (Fsp3) is 0.474. The van der Waals surface area contributed by atoms with Crippen molar-refractivity contribution in [3.8, 4) is 0 Å². The van der Waals surface area contributed by atoms with Gasteiger partial charge in [0.25, 0.3) is 0 Å². The predicted octanol–water partition coefficient (Wildman–Crippen LogP) is 2.49. The molecule has 3 heterocycles. The topological polar surface area (TPSA) is 75.2 Å². The van der Waals surface area contributed by atoms with Gasteiger partial charge >= 0.3 is 0 Å². The minimum absolute atomic E-state index is 0.0142. The molecule has 2 aliphatic rings. The molecule has 1 aromatic heterocycles. The second kappa shape index (κ2) is 7.26. The Kier molecular flexibility index (Phi) is 4.96. The molecule has 0 spiro atoms. The summed E-state index contributed by atoms with van der Waals surface area (Å²) in [5.74, 6) is 0.0358. The molecule has 0 radical (unpaired) electrons. The van der Waals surface area contributed by atoms with Gasteiger partial charge in [0.2, 0.25) is 10.0 Å². The van der Waals surface area contributed by atoms with Crippen molar-refractivity contribution >= 4 is 10.0 Å². The van der Waals surface area contributed by atoms with Crippen molar-refractivity contribution in [1.82, 2.24) is 19.6 Å². The van der Waals surface area contributed by atoms with Gasteiger partial charge in [-0.3, -0.25) is 0 Å².